The number of nitrogens with one attached hydrogen (secondary N) is 1. The summed E-state index contributed by atoms with van der Waals surface area (Å²) in [6.45, 7) is 6.68. The predicted molar refractivity (Wildman–Crippen MR) is 109 cm³/mol. The SMILES string of the molecule is Cc1cc(NCC2CCCCN2CCn2nc3c(cc2=O)COCC3)ccn1. The van der Waals surface area contributed by atoms with Gasteiger partial charge in [-0.3, -0.25) is 14.7 Å². The van der Waals surface area contributed by atoms with Crippen molar-refractivity contribution in [1.82, 2.24) is 19.7 Å². The van der Waals surface area contributed by atoms with Crippen LogP contribution < -0.4 is 10.9 Å². The number of hydrogen-bond donors (Lipinski definition) is 1. The monoisotopic (exact) mass is 383 g/mol. The van der Waals surface area contributed by atoms with E-state index < -0.39 is 0 Å². The summed E-state index contributed by atoms with van der Waals surface area (Å²) < 4.78 is 7.06. The van der Waals surface area contributed by atoms with Crippen molar-refractivity contribution in [1.29, 1.82) is 0 Å². The molecule has 2 aliphatic heterocycles. The van der Waals surface area contributed by atoms with Crippen molar-refractivity contribution in [2.24, 2.45) is 0 Å². The Hall–Kier alpha value is -2.25. The predicted octanol–water partition coefficient (Wildman–Crippen LogP) is 1.99. The van der Waals surface area contributed by atoms with E-state index in [-0.39, 0.29) is 5.56 Å². The Morgan fingerprint density at radius 3 is 3.11 bits per heavy atom. The van der Waals surface area contributed by atoms with Crippen molar-refractivity contribution in [3.05, 3.63) is 51.7 Å². The van der Waals surface area contributed by atoms with E-state index in [1.165, 1.54) is 19.3 Å². The van der Waals surface area contributed by atoms with E-state index in [0.29, 0.717) is 25.8 Å². The molecule has 1 saturated heterocycles. The lowest BCUT2D eigenvalue weighted by Gasteiger charge is -2.36. The molecule has 1 atom stereocenters. The molecule has 0 saturated carbocycles. The standard InChI is InChI=1S/C21H29N5O2/c1-16-12-18(5-7-22-16)23-14-19-4-2-3-8-25(19)9-10-26-21(27)13-17-15-28-11-6-20(17)24-26/h5,7,12-13,19H,2-4,6,8-11,14-15H2,1H3,(H,22,23). The maximum atomic E-state index is 12.4. The first kappa shape index (κ1) is 19.1. The molecule has 0 aliphatic carbocycles. The van der Waals surface area contributed by atoms with Gasteiger partial charge < -0.3 is 10.1 Å². The van der Waals surface area contributed by atoms with Crippen LogP contribution in [0, 0.1) is 6.92 Å². The van der Waals surface area contributed by atoms with Crippen LogP contribution in [-0.4, -0.2) is 51.9 Å². The molecule has 0 radical (unpaired) electrons. The first-order chi connectivity index (χ1) is 13.7. The molecule has 0 aromatic carbocycles. The number of fused-ring (bicyclic) bond motifs is 1. The van der Waals surface area contributed by atoms with Crippen molar-refractivity contribution in [2.45, 2.75) is 51.8 Å². The average molecular weight is 383 g/mol. The highest BCUT2D eigenvalue weighted by Gasteiger charge is 2.22. The van der Waals surface area contributed by atoms with Gasteiger partial charge in [-0.25, -0.2) is 4.68 Å². The van der Waals surface area contributed by atoms with Gasteiger partial charge in [0.05, 0.1) is 25.5 Å². The number of pyridine rings is 1. The Morgan fingerprint density at radius 1 is 1.29 bits per heavy atom. The maximum Gasteiger partial charge on any atom is 0.267 e. The van der Waals surface area contributed by atoms with Crippen molar-refractivity contribution in [3.8, 4) is 0 Å². The van der Waals surface area contributed by atoms with Crippen LogP contribution in [0.1, 0.15) is 36.2 Å². The van der Waals surface area contributed by atoms with Gasteiger partial charge in [0, 0.05) is 54.8 Å². The summed E-state index contributed by atoms with van der Waals surface area (Å²) >= 11 is 0. The lowest BCUT2D eigenvalue weighted by molar-refractivity contribution is 0.107. The molecule has 4 heterocycles. The Balaban J connectivity index is 1.38. The molecule has 2 aromatic heterocycles. The summed E-state index contributed by atoms with van der Waals surface area (Å²) in [4.78, 5) is 19.2. The second kappa shape index (κ2) is 8.84. The van der Waals surface area contributed by atoms with Crippen LogP contribution in [0.5, 0.6) is 0 Å². The molecule has 2 aliphatic rings. The molecule has 150 valence electrons. The van der Waals surface area contributed by atoms with Gasteiger partial charge >= 0.3 is 0 Å². The Bertz CT molecular complexity index is 866. The largest absolute Gasteiger partial charge is 0.383 e. The molecule has 0 spiro atoms. The minimum absolute atomic E-state index is 0.0248. The zero-order chi connectivity index (χ0) is 19.3. The lowest BCUT2D eigenvalue weighted by Crippen LogP contribution is -2.45. The molecule has 4 rings (SSSR count). The van der Waals surface area contributed by atoms with Crippen LogP contribution >= 0.6 is 0 Å². The van der Waals surface area contributed by atoms with Gasteiger partial charge in [0.1, 0.15) is 0 Å². The number of rotatable bonds is 6. The normalized spacial score (nSPS) is 20.0. The van der Waals surface area contributed by atoms with E-state index in [9.17, 15) is 4.79 Å². The molecule has 1 fully saturated rings. The molecule has 0 bridgehead atoms. The number of anilines is 1. The van der Waals surface area contributed by atoms with Gasteiger partial charge in [0.2, 0.25) is 0 Å². The van der Waals surface area contributed by atoms with E-state index in [4.69, 9.17) is 4.74 Å². The number of hydrogen-bond acceptors (Lipinski definition) is 6. The van der Waals surface area contributed by atoms with Crippen molar-refractivity contribution in [2.75, 3.05) is 31.6 Å². The van der Waals surface area contributed by atoms with Gasteiger partial charge in [-0.2, -0.15) is 5.10 Å². The Morgan fingerprint density at radius 2 is 2.21 bits per heavy atom. The zero-order valence-corrected chi connectivity index (χ0v) is 16.6. The Labute approximate surface area is 165 Å². The van der Waals surface area contributed by atoms with Crippen LogP contribution in [0.2, 0.25) is 0 Å². The molecular formula is C21H29N5O2. The summed E-state index contributed by atoms with van der Waals surface area (Å²) in [5.41, 5.74) is 4.07. The van der Waals surface area contributed by atoms with Crippen LogP contribution in [0.25, 0.3) is 0 Å². The number of likely N-dealkylation sites (tertiary alicyclic amines) is 1. The average Bonchev–Trinajstić information content (AvgIpc) is 2.71. The van der Waals surface area contributed by atoms with Crippen molar-refractivity contribution < 1.29 is 4.74 Å². The first-order valence-electron chi connectivity index (χ1n) is 10.3. The van der Waals surface area contributed by atoms with E-state index in [1.54, 1.807) is 10.7 Å². The quantitative estimate of drug-likeness (QED) is 0.822. The third-order valence-corrected chi connectivity index (χ3v) is 5.69. The second-order valence-corrected chi connectivity index (χ2v) is 7.73. The number of aromatic nitrogens is 3. The summed E-state index contributed by atoms with van der Waals surface area (Å²) in [7, 11) is 0. The van der Waals surface area contributed by atoms with E-state index in [2.05, 4.69) is 26.4 Å². The van der Waals surface area contributed by atoms with Gasteiger partial charge in [-0.1, -0.05) is 6.42 Å². The highest BCUT2D eigenvalue weighted by atomic mass is 16.5. The highest BCUT2D eigenvalue weighted by Crippen LogP contribution is 2.18. The minimum atomic E-state index is -0.0248. The lowest BCUT2D eigenvalue weighted by atomic mass is 10.0. The van der Waals surface area contributed by atoms with Crippen LogP contribution in [0.3, 0.4) is 0 Å². The van der Waals surface area contributed by atoms with E-state index in [1.807, 2.05) is 19.2 Å². The number of nitrogens with zero attached hydrogens (tertiary/aromatic N) is 4. The molecule has 1 N–H and O–H groups in total. The van der Waals surface area contributed by atoms with Gasteiger partial charge in [-0.15, -0.1) is 0 Å². The third kappa shape index (κ3) is 4.59. The number of aryl methyl sites for hydroxylation is 1. The molecule has 1 unspecified atom stereocenters. The summed E-state index contributed by atoms with van der Waals surface area (Å²) in [5, 5.41) is 8.16. The fourth-order valence-electron chi connectivity index (χ4n) is 4.11. The van der Waals surface area contributed by atoms with Crippen LogP contribution in [0.4, 0.5) is 5.69 Å². The molecule has 28 heavy (non-hydrogen) atoms. The maximum absolute atomic E-state index is 12.4. The number of piperidine rings is 1. The van der Waals surface area contributed by atoms with Crippen LogP contribution in [-0.2, 0) is 24.3 Å². The summed E-state index contributed by atoms with van der Waals surface area (Å²) in [6.07, 6.45) is 6.29. The van der Waals surface area contributed by atoms with Crippen molar-refractivity contribution in [3.63, 3.8) is 0 Å². The topological polar surface area (TPSA) is 72.3 Å². The molecular weight excluding hydrogens is 354 g/mol. The van der Waals surface area contributed by atoms with E-state index in [0.717, 1.165) is 48.7 Å². The third-order valence-electron chi connectivity index (χ3n) is 5.69. The fourth-order valence-corrected chi connectivity index (χ4v) is 4.11. The van der Waals surface area contributed by atoms with Gasteiger partial charge in [0.15, 0.2) is 0 Å². The zero-order valence-electron chi connectivity index (χ0n) is 16.6. The molecule has 7 heteroatoms. The van der Waals surface area contributed by atoms with Crippen LogP contribution in [0.15, 0.2) is 29.2 Å². The summed E-state index contributed by atoms with van der Waals surface area (Å²) in [5.74, 6) is 0. The fraction of sp³-hybridized carbons (Fsp3) is 0.571. The van der Waals surface area contributed by atoms with Gasteiger partial charge in [0.25, 0.3) is 5.56 Å². The molecule has 2 aromatic rings. The smallest absolute Gasteiger partial charge is 0.267 e. The first-order valence-corrected chi connectivity index (χ1v) is 10.3. The highest BCUT2D eigenvalue weighted by molar-refractivity contribution is 5.43. The minimum Gasteiger partial charge on any atom is -0.383 e. The van der Waals surface area contributed by atoms with E-state index >= 15 is 0 Å². The number of ether oxygens (including phenoxy) is 1. The van der Waals surface area contributed by atoms with Gasteiger partial charge in [-0.05, 0) is 38.4 Å². The second-order valence-electron chi connectivity index (χ2n) is 7.73. The molecule has 0 amide bonds. The Kier molecular flexibility index (Phi) is 6.02. The summed E-state index contributed by atoms with van der Waals surface area (Å²) in [6, 6.07) is 6.26. The molecule has 7 nitrogen and oxygen atoms in total. The van der Waals surface area contributed by atoms with Crippen molar-refractivity contribution >= 4 is 5.69 Å².